The van der Waals surface area contributed by atoms with E-state index in [0.29, 0.717) is 11.7 Å². The fraction of sp³-hybridized carbons (Fsp3) is 0.545. The highest BCUT2D eigenvalue weighted by atomic mass is 35.5. The third-order valence-corrected chi connectivity index (χ3v) is 4.08. The summed E-state index contributed by atoms with van der Waals surface area (Å²) in [6.07, 6.45) is 2.24. The molecule has 8 heteroatoms. The van der Waals surface area contributed by atoms with E-state index in [1.54, 1.807) is 0 Å². The zero-order valence-electron chi connectivity index (χ0n) is 9.95. The van der Waals surface area contributed by atoms with Crippen LogP contribution in [0.5, 0.6) is 0 Å². The number of nitrogens with one attached hydrogen (secondary N) is 1. The normalized spacial score (nSPS) is 32.5. The Morgan fingerprint density at radius 2 is 2.42 bits per heavy atom. The molecule has 3 N–H and O–H groups in total. The number of nitrogens with zero attached hydrogens (tertiary/aromatic N) is 2. The van der Waals surface area contributed by atoms with Crippen LogP contribution in [0.25, 0.3) is 0 Å². The molecule has 4 atom stereocenters. The Labute approximate surface area is 114 Å². The average molecular weight is 285 g/mol. The maximum Gasteiger partial charge on any atom is 0.289 e. The molecule has 1 aliphatic heterocycles. The molecule has 2 aliphatic rings. The highest BCUT2D eigenvalue weighted by Gasteiger charge is 2.52. The van der Waals surface area contributed by atoms with Crippen LogP contribution in [0.1, 0.15) is 6.42 Å². The highest BCUT2D eigenvalue weighted by Crippen LogP contribution is 2.40. The van der Waals surface area contributed by atoms with Crippen LogP contribution in [0.2, 0.25) is 5.02 Å². The SMILES string of the molecule is NC1C2CCOC2C1Nc1ncc([N+](=O)[O-])cc1Cl. The van der Waals surface area contributed by atoms with E-state index in [4.69, 9.17) is 22.1 Å². The number of anilines is 1. The third-order valence-electron chi connectivity index (χ3n) is 3.79. The molecule has 1 aromatic heterocycles. The van der Waals surface area contributed by atoms with Crippen molar-refractivity contribution in [2.24, 2.45) is 11.7 Å². The van der Waals surface area contributed by atoms with Gasteiger partial charge in [0.25, 0.3) is 5.69 Å². The van der Waals surface area contributed by atoms with Crippen LogP contribution in [0, 0.1) is 16.0 Å². The number of fused-ring (bicyclic) bond motifs is 1. The lowest BCUT2D eigenvalue weighted by atomic mass is 9.72. The fourth-order valence-electron chi connectivity index (χ4n) is 2.72. The molecule has 1 aliphatic carbocycles. The van der Waals surface area contributed by atoms with E-state index in [0.717, 1.165) is 13.0 Å². The molecule has 3 rings (SSSR count). The first-order valence-electron chi connectivity index (χ1n) is 6.01. The van der Waals surface area contributed by atoms with E-state index in [-0.39, 0.29) is 28.9 Å². The van der Waals surface area contributed by atoms with Crippen molar-refractivity contribution >= 4 is 23.1 Å². The summed E-state index contributed by atoms with van der Waals surface area (Å²) >= 11 is 5.98. The minimum atomic E-state index is -0.534. The van der Waals surface area contributed by atoms with Gasteiger partial charge in [-0.1, -0.05) is 11.6 Å². The molecule has 102 valence electrons. The zero-order chi connectivity index (χ0) is 13.6. The molecule has 0 amide bonds. The van der Waals surface area contributed by atoms with E-state index in [1.807, 2.05) is 0 Å². The van der Waals surface area contributed by atoms with E-state index in [2.05, 4.69) is 10.3 Å². The highest BCUT2D eigenvalue weighted by molar-refractivity contribution is 6.33. The van der Waals surface area contributed by atoms with Crippen molar-refractivity contribution in [1.29, 1.82) is 0 Å². The fourth-order valence-corrected chi connectivity index (χ4v) is 2.93. The Kier molecular flexibility index (Phi) is 3.04. The Morgan fingerprint density at radius 3 is 3.11 bits per heavy atom. The molecule has 1 saturated heterocycles. The average Bonchev–Trinajstić information content (AvgIpc) is 2.81. The van der Waals surface area contributed by atoms with E-state index < -0.39 is 4.92 Å². The molecule has 19 heavy (non-hydrogen) atoms. The number of aromatic nitrogens is 1. The smallest absolute Gasteiger partial charge is 0.289 e. The van der Waals surface area contributed by atoms with E-state index in [1.165, 1.54) is 12.3 Å². The summed E-state index contributed by atoms with van der Waals surface area (Å²) in [7, 11) is 0. The number of rotatable bonds is 3. The van der Waals surface area contributed by atoms with Gasteiger partial charge in [-0.3, -0.25) is 10.1 Å². The molecular weight excluding hydrogens is 272 g/mol. The number of halogens is 1. The van der Waals surface area contributed by atoms with Gasteiger partial charge in [0.15, 0.2) is 0 Å². The van der Waals surface area contributed by atoms with Gasteiger partial charge in [-0.25, -0.2) is 4.98 Å². The summed E-state index contributed by atoms with van der Waals surface area (Å²) in [5, 5.41) is 13.9. The van der Waals surface area contributed by atoms with Crippen LogP contribution in [0.4, 0.5) is 11.5 Å². The topological polar surface area (TPSA) is 103 Å². The van der Waals surface area contributed by atoms with Crippen LogP contribution in [0.15, 0.2) is 12.3 Å². The molecule has 2 fully saturated rings. The number of hydrogen-bond acceptors (Lipinski definition) is 6. The van der Waals surface area contributed by atoms with Crippen LogP contribution >= 0.6 is 11.6 Å². The van der Waals surface area contributed by atoms with Crippen molar-refractivity contribution in [2.45, 2.75) is 24.6 Å². The number of pyridine rings is 1. The quantitative estimate of drug-likeness (QED) is 0.638. The summed E-state index contributed by atoms with van der Waals surface area (Å²) in [5.41, 5.74) is 5.93. The molecule has 1 saturated carbocycles. The lowest BCUT2D eigenvalue weighted by Gasteiger charge is -2.45. The van der Waals surface area contributed by atoms with Gasteiger partial charge in [0.2, 0.25) is 0 Å². The standard InChI is InChI=1S/C11H13ClN4O3/c12-7-3-5(16(17)18)4-14-11(7)15-9-8(13)6-1-2-19-10(6)9/h3-4,6,8-10H,1-2,13H2,(H,14,15). The van der Waals surface area contributed by atoms with E-state index >= 15 is 0 Å². The Bertz CT molecular complexity index is 527. The minimum absolute atomic E-state index is 0.000517. The van der Waals surface area contributed by atoms with Gasteiger partial charge < -0.3 is 15.8 Å². The Balaban J connectivity index is 1.75. The molecule has 7 nitrogen and oxygen atoms in total. The minimum Gasteiger partial charge on any atom is -0.376 e. The molecule has 0 bridgehead atoms. The predicted octanol–water partition coefficient (Wildman–Crippen LogP) is 1.17. The zero-order valence-corrected chi connectivity index (χ0v) is 10.7. The molecular formula is C11H13ClN4O3. The number of nitrogens with two attached hydrogens (primary N) is 1. The van der Waals surface area contributed by atoms with Crippen LogP contribution < -0.4 is 11.1 Å². The van der Waals surface area contributed by atoms with Crippen molar-refractivity contribution in [3.05, 3.63) is 27.4 Å². The van der Waals surface area contributed by atoms with Crippen LogP contribution in [-0.4, -0.2) is 34.7 Å². The number of ether oxygens (including phenoxy) is 1. The lowest BCUT2D eigenvalue weighted by molar-refractivity contribution is -0.385. The van der Waals surface area contributed by atoms with Gasteiger partial charge in [-0.05, 0) is 6.42 Å². The monoisotopic (exact) mass is 284 g/mol. The van der Waals surface area contributed by atoms with Gasteiger partial charge in [-0.15, -0.1) is 0 Å². The van der Waals surface area contributed by atoms with Crippen LogP contribution in [-0.2, 0) is 4.74 Å². The van der Waals surface area contributed by atoms with Crippen molar-refractivity contribution in [2.75, 3.05) is 11.9 Å². The summed E-state index contributed by atoms with van der Waals surface area (Å²) < 4.78 is 5.59. The largest absolute Gasteiger partial charge is 0.376 e. The number of hydrogen-bond donors (Lipinski definition) is 2. The second-order valence-electron chi connectivity index (χ2n) is 4.82. The molecule has 0 aromatic carbocycles. The Morgan fingerprint density at radius 1 is 1.63 bits per heavy atom. The summed E-state index contributed by atoms with van der Waals surface area (Å²) in [4.78, 5) is 14.0. The Hall–Kier alpha value is -1.44. The molecule has 4 unspecified atom stereocenters. The predicted molar refractivity (Wildman–Crippen MR) is 69.1 cm³/mol. The second-order valence-corrected chi connectivity index (χ2v) is 5.22. The third kappa shape index (κ3) is 2.03. The molecule has 1 aromatic rings. The summed E-state index contributed by atoms with van der Waals surface area (Å²) in [6.45, 7) is 0.725. The van der Waals surface area contributed by atoms with Crippen molar-refractivity contribution in [1.82, 2.24) is 4.98 Å². The first-order chi connectivity index (χ1) is 9.08. The van der Waals surface area contributed by atoms with Gasteiger partial charge >= 0.3 is 0 Å². The molecule has 0 spiro atoms. The van der Waals surface area contributed by atoms with Gasteiger partial charge in [0.05, 0.1) is 22.1 Å². The van der Waals surface area contributed by atoms with Gasteiger partial charge in [0, 0.05) is 24.6 Å². The second kappa shape index (κ2) is 4.59. The first kappa shape index (κ1) is 12.6. The van der Waals surface area contributed by atoms with Gasteiger partial charge in [0.1, 0.15) is 12.0 Å². The lowest BCUT2D eigenvalue weighted by Crippen LogP contribution is -2.65. The maximum absolute atomic E-state index is 10.6. The summed E-state index contributed by atoms with van der Waals surface area (Å²) in [5.74, 6) is 0.788. The van der Waals surface area contributed by atoms with Crippen molar-refractivity contribution in [3.63, 3.8) is 0 Å². The van der Waals surface area contributed by atoms with Gasteiger partial charge in [-0.2, -0.15) is 0 Å². The van der Waals surface area contributed by atoms with Crippen molar-refractivity contribution < 1.29 is 9.66 Å². The van der Waals surface area contributed by atoms with E-state index in [9.17, 15) is 10.1 Å². The van der Waals surface area contributed by atoms with Crippen LogP contribution in [0.3, 0.4) is 0 Å². The molecule has 0 radical (unpaired) electrons. The first-order valence-corrected chi connectivity index (χ1v) is 6.39. The van der Waals surface area contributed by atoms with Crippen molar-refractivity contribution in [3.8, 4) is 0 Å². The molecule has 2 heterocycles. The maximum atomic E-state index is 10.6. The number of nitro groups is 1. The summed E-state index contributed by atoms with van der Waals surface area (Å²) in [6, 6.07) is 1.23.